The van der Waals surface area contributed by atoms with Gasteiger partial charge in [-0.05, 0) is 29.7 Å². The summed E-state index contributed by atoms with van der Waals surface area (Å²) in [6, 6.07) is 3.37. The van der Waals surface area contributed by atoms with Crippen molar-refractivity contribution in [1.82, 2.24) is 0 Å². The second-order valence-corrected chi connectivity index (χ2v) is 5.40. The molecule has 0 aromatic carbocycles. The maximum absolute atomic E-state index is 11.2. The molecule has 0 N–H and O–H groups in total. The molecule has 7 heteroatoms. The van der Waals surface area contributed by atoms with Gasteiger partial charge in [0.2, 0.25) is 0 Å². The fraction of sp³-hybridized carbons (Fsp3) is 0.429. The van der Waals surface area contributed by atoms with Gasteiger partial charge in [0.25, 0.3) is 0 Å². The first-order valence-corrected chi connectivity index (χ1v) is 6.79. The molecule has 1 rings (SSSR count). The summed E-state index contributed by atoms with van der Waals surface area (Å²) in [7, 11) is -3.41. The van der Waals surface area contributed by atoms with Crippen molar-refractivity contribution in [2.24, 2.45) is 0 Å². The predicted molar refractivity (Wildman–Crippen MR) is 64.4 cm³/mol. The summed E-state index contributed by atoms with van der Waals surface area (Å²) in [6.45, 7) is 0. The van der Waals surface area contributed by atoms with Gasteiger partial charge in [-0.1, -0.05) is 0 Å². The van der Waals surface area contributed by atoms with E-state index >= 15 is 0 Å². The van der Waals surface area contributed by atoms with Crippen LogP contribution in [0.3, 0.4) is 0 Å². The average Bonchev–Trinajstić information content (AvgIpc) is 2.52. The summed E-state index contributed by atoms with van der Waals surface area (Å²) in [6.07, 6.45) is 0.511. The van der Waals surface area contributed by atoms with Crippen molar-refractivity contribution in [3.8, 4) is 5.06 Å². The van der Waals surface area contributed by atoms with Crippen molar-refractivity contribution in [3.63, 3.8) is 0 Å². The molecule has 0 amide bonds. The van der Waals surface area contributed by atoms with Gasteiger partial charge in [-0.3, -0.25) is 0 Å². The quantitative estimate of drug-likeness (QED) is 0.491. The zero-order valence-corrected chi connectivity index (χ0v) is 9.37. The minimum absolute atomic E-state index is 0. The van der Waals surface area contributed by atoms with E-state index in [0.29, 0.717) is 17.2 Å². The number of rotatable bonds is 5. The van der Waals surface area contributed by atoms with E-state index in [1.165, 1.54) is 11.3 Å². The molecule has 1 heterocycles. The Morgan fingerprint density at radius 3 is 2.71 bits per heavy atom. The third-order valence-electron chi connectivity index (χ3n) is 1.26. The van der Waals surface area contributed by atoms with Gasteiger partial charge >= 0.3 is 39.7 Å². The average molecular weight is 262 g/mol. The van der Waals surface area contributed by atoms with Crippen molar-refractivity contribution < 1.29 is 12.6 Å². The molecule has 0 saturated carbocycles. The molecule has 0 unspecified atom stereocenters. The van der Waals surface area contributed by atoms with Gasteiger partial charge < -0.3 is 4.18 Å². The second-order valence-electron chi connectivity index (χ2n) is 2.35. The molecule has 0 bridgehead atoms. The van der Waals surface area contributed by atoms with Crippen molar-refractivity contribution in [2.75, 3.05) is 11.5 Å². The van der Waals surface area contributed by atoms with Gasteiger partial charge in [0, 0.05) is 0 Å². The zero-order valence-electron chi connectivity index (χ0n) is 6.84. The van der Waals surface area contributed by atoms with Gasteiger partial charge in [0.05, 0.1) is 5.75 Å². The van der Waals surface area contributed by atoms with Gasteiger partial charge in [0.1, 0.15) is 0 Å². The first-order chi connectivity index (χ1) is 6.14. The third kappa shape index (κ3) is 5.63. The van der Waals surface area contributed by atoms with Crippen molar-refractivity contribution in [1.29, 1.82) is 0 Å². The normalized spacial score (nSPS) is 10.6. The Morgan fingerprint density at radius 1 is 1.50 bits per heavy atom. The predicted octanol–water partition coefficient (Wildman–Crippen LogP) is 1.13. The van der Waals surface area contributed by atoms with Crippen molar-refractivity contribution in [2.45, 2.75) is 6.42 Å². The van der Waals surface area contributed by atoms with Crippen molar-refractivity contribution in [3.05, 3.63) is 17.5 Å². The van der Waals surface area contributed by atoms with Gasteiger partial charge in [0.15, 0.2) is 5.06 Å². The Hall–Kier alpha value is 0.800. The molecule has 14 heavy (non-hydrogen) atoms. The fourth-order valence-electron chi connectivity index (χ4n) is 0.719. The SMILES string of the molecule is O=S(=O)(CCCS)Oc1cccs1.[NaH]. The summed E-state index contributed by atoms with van der Waals surface area (Å²) in [4.78, 5) is 0. The standard InChI is InChI=1S/C7H10O3S3.Na.H/c8-13(9,6-2-4-11)10-7-3-1-5-12-7;;/h1,3,5,11H,2,4,6H2;;. The molecule has 76 valence electrons. The first-order valence-electron chi connectivity index (χ1n) is 3.70. The molecule has 0 saturated heterocycles. The van der Waals surface area contributed by atoms with Crippen LogP contribution in [0.15, 0.2) is 17.5 Å². The molecule has 3 nitrogen and oxygen atoms in total. The van der Waals surface area contributed by atoms with Crippen LogP contribution in [0.5, 0.6) is 5.06 Å². The van der Waals surface area contributed by atoms with Crippen LogP contribution in [0.1, 0.15) is 6.42 Å². The van der Waals surface area contributed by atoms with E-state index in [9.17, 15) is 8.42 Å². The molecule has 0 spiro atoms. The fourth-order valence-corrected chi connectivity index (χ4v) is 2.89. The maximum atomic E-state index is 11.2. The molecule has 0 aliphatic rings. The molecule has 0 atom stereocenters. The molecule has 0 fully saturated rings. The van der Waals surface area contributed by atoms with Crippen LogP contribution >= 0.6 is 24.0 Å². The Morgan fingerprint density at radius 2 is 2.21 bits per heavy atom. The number of thiol groups is 1. The van der Waals surface area contributed by atoms with Crippen LogP contribution in [0.2, 0.25) is 0 Å². The number of hydrogen-bond acceptors (Lipinski definition) is 5. The molecule has 0 aliphatic heterocycles. The van der Waals surface area contributed by atoms with Crippen LogP contribution in [-0.4, -0.2) is 49.5 Å². The summed E-state index contributed by atoms with van der Waals surface area (Å²) in [5.41, 5.74) is 0. The van der Waals surface area contributed by atoms with E-state index in [2.05, 4.69) is 12.6 Å². The molecule has 1 aromatic rings. The first kappa shape index (κ1) is 14.8. The van der Waals surface area contributed by atoms with Crippen LogP contribution in [0.4, 0.5) is 0 Å². The topological polar surface area (TPSA) is 43.4 Å². The van der Waals surface area contributed by atoms with Crippen molar-refractivity contribution >= 4 is 63.6 Å². The van der Waals surface area contributed by atoms with Gasteiger partial charge in [-0.25, -0.2) is 0 Å². The van der Waals surface area contributed by atoms with Crippen LogP contribution in [0.25, 0.3) is 0 Å². The number of thiophene rings is 1. The molecular formula is C7H11NaO3S3. The Labute approximate surface area is 116 Å². The Bertz CT molecular complexity index is 333. The van der Waals surface area contributed by atoms with Crippen LogP contribution in [-0.2, 0) is 10.1 Å². The van der Waals surface area contributed by atoms with E-state index in [4.69, 9.17) is 4.18 Å². The Balaban J connectivity index is 0.00000169. The molecule has 0 aliphatic carbocycles. The molecular weight excluding hydrogens is 251 g/mol. The second kappa shape index (κ2) is 7.14. The monoisotopic (exact) mass is 262 g/mol. The summed E-state index contributed by atoms with van der Waals surface area (Å²) >= 11 is 5.19. The molecule has 0 radical (unpaired) electrons. The van der Waals surface area contributed by atoms with Crippen LogP contribution < -0.4 is 4.18 Å². The summed E-state index contributed by atoms with van der Waals surface area (Å²) in [5.74, 6) is 0.571. The zero-order chi connectivity index (χ0) is 9.73. The van der Waals surface area contributed by atoms with E-state index in [1.54, 1.807) is 17.5 Å². The Kier molecular flexibility index (Phi) is 7.54. The van der Waals surface area contributed by atoms with E-state index in [-0.39, 0.29) is 35.3 Å². The van der Waals surface area contributed by atoms with Gasteiger partial charge in [-0.2, -0.15) is 21.0 Å². The van der Waals surface area contributed by atoms with E-state index < -0.39 is 10.1 Å². The molecule has 1 aromatic heterocycles. The summed E-state index contributed by atoms with van der Waals surface area (Å²) < 4.78 is 27.2. The van der Waals surface area contributed by atoms with E-state index in [0.717, 1.165) is 0 Å². The number of hydrogen-bond donors (Lipinski definition) is 1. The van der Waals surface area contributed by atoms with E-state index in [1.807, 2.05) is 0 Å². The van der Waals surface area contributed by atoms with Crippen LogP contribution in [0, 0.1) is 0 Å². The third-order valence-corrected chi connectivity index (χ3v) is 3.65. The minimum atomic E-state index is -3.41. The van der Waals surface area contributed by atoms with Gasteiger partial charge in [-0.15, -0.1) is 11.3 Å². The summed E-state index contributed by atoms with van der Waals surface area (Å²) in [5, 5.41) is 2.18.